The molecule has 78 valence electrons. The third-order valence-corrected chi connectivity index (χ3v) is 2.91. The van der Waals surface area contributed by atoms with Gasteiger partial charge in [-0.25, -0.2) is 0 Å². The highest BCUT2D eigenvalue weighted by Crippen LogP contribution is 2.27. The Morgan fingerprint density at radius 1 is 1.50 bits per heavy atom. The number of hydrogen-bond donors (Lipinski definition) is 2. The predicted octanol–water partition coefficient (Wildman–Crippen LogP) is 2.69. The highest BCUT2D eigenvalue weighted by atomic mass is 33.1. The Labute approximate surface area is 93.5 Å². The maximum absolute atomic E-state index is 8.60. The molecule has 1 rings (SSSR count). The van der Waals surface area contributed by atoms with E-state index < -0.39 is 0 Å². The van der Waals surface area contributed by atoms with Crippen molar-refractivity contribution in [2.45, 2.75) is 18.2 Å². The van der Waals surface area contributed by atoms with Gasteiger partial charge < -0.3 is 9.84 Å². The first-order valence-corrected chi connectivity index (χ1v) is 6.30. The fraction of sp³-hybridized carbons (Fsp3) is 0.400. The van der Waals surface area contributed by atoms with Crippen LogP contribution < -0.4 is 4.74 Å². The van der Waals surface area contributed by atoms with Crippen molar-refractivity contribution < 1.29 is 9.84 Å². The van der Waals surface area contributed by atoms with Crippen LogP contribution in [-0.2, 0) is 0 Å². The summed E-state index contributed by atoms with van der Waals surface area (Å²) in [6.07, 6.45) is 0.669. The summed E-state index contributed by atoms with van der Waals surface area (Å²) in [6.45, 7) is 2.73. The molecule has 0 bridgehead atoms. The molecular weight excluding hydrogens is 216 g/mol. The molecule has 2 nitrogen and oxygen atoms in total. The smallest absolute Gasteiger partial charge is 0.122 e. The molecule has 0 heterocycles. The Hall–Kier alpha value is -0.320. The van der Waals surface area contributed by atoms with Gasteiger partial charge in [-0.1, -0.05) is 10.8 Å². The number of aryl methyl sites for hydroxylation is 1. The van der Waals surface area contributed by atoms with Crippen LogP contribution in [0.5, 0.6) is 5.75 Å². The molecule has 0 aliphatic carbocycles. The third-order valence-electron chi connectivity index (χ3n) is 1.81. The van der Waals surface area contributed by atoms with Gasteiger partial charge in [0, 0.05) is 17.9 Å². The maximum Gasteiger partial charge on any atom is 0.122 e. The van der Waals surface area contributed by atoms with Gasteiger partial charge in [0.1, 0.15) is 5.75 Å². The van der Waals surface area contributed by atoms with Crippen molar-refractivity contribution in [3.05, 3.63) is 23.8 Å². The molecule has 0 aliphatic heterocycles. The van der Waals surface area contributed by atoms with Gasteiger partial charge in [-0.05, 0) is 30.7 Å². The number of aliphatic hydroxyl groups excluding tert-OH is 1. The van der Waals surface area contributed by atoms with Gasteiger partial charge in [-0.15, -0.1) is 11.7 Å². The second-order valence-electron chi connectivity index (χ2n) is 2.94. The third kappa shape index (κ3) is 3.44. The highest BCUT2D eigenvalue weighted by molar-refractivity contribution is 8.68. The first kappa shape index (κ1) is 11.8. The van der Waals surface area contributed by atoms with Crippen LogP contribution in [0.1, 0.15) is 12.0 Å². The molecule has 0 fully saturated rings. The SMILES string of the molecule is Cc1cc(SS)ccc1OCCCO. The van der Waals surface area contributed by atoms with E-state index in [1.54, 1.807) is 0 Å². The quantitative estimate of drug-likeness (QED) is 0.463. The summed E-state index contributed by atoms with van der Waals surface area (Å²) < 4.78 is 5.48. The van der Waals surface area contributed by atoms with Crippen LogP contribution in [0.25, 0.3) is 0 Å². The van der Waals surface area contributed by atoms with Crippen LogP contribution in [0.3, 0.4) is 0 Å². The van der Waals surface area contributed by atoms with Crippen molar-refractivity contribution in [1.82, 2.24) is 0 Å². The molecule has 1 aromatic carbocycles. The van der Waals surface area contributed by atoms with E-state index in [-0.39, 0.29) is 6.61 Å². The van der Waals surface area contributed by atoms with Gasteiger partial charge in [0.25, 0.3) is 0 Å². The first-order valence-electron chi connectivity index (χ1n) is 4.43. The molecule has 0 saturated heterocycles. The van der Waals surface area contributed by atoms with E-state index in [1.165, 1.54) is 10.8 Å². The molecule has 0 unspecified atom stereocenters. The number of hydrogen-bond acceptors (Lipinski definition) is 4. The summed E-state index contributed by atoms with van der Waals surface area (Å²) in [5.74, 6) is 0.879. The van der Waals surface area contributed by atoms with E-state index in [4.69, 9.17) is 9.84 Å². The summed E-state index contributed by atoms with van der Waals surface area (Å²) in [5.41, 5.74) is 1.10. The Morgan fingerprint density at radius 3 is 2.86 bits per heavy atom. The van der Waals surface area contributed by atoms with Crippen molar-refractivity contribution in [3.8, 4) is 5.75 Å². The van der Waals surface area contributed by atoms with E-state index in [1.807, 2.05) is 25.1 Å². The fourth-order valence-electron chi connectivity index (χ4n) is 1.09. The number of aliphatic hydroxyl groups is 1. The zero-order valence-corrected chi connectivity index (χ0v) is 9.78. The zero-order chi connectivity index (χ0) is 10.4. The Kier molecular flexibility index (Phi) is 5.22. The van der Waals surface area contributed by atoms with Crippen LogP contribution in [0.15, 0.2) is 23.1 Å². The standard InChI is InChI=1S/C10H14O2S2/c1-8-7-9(14-13)3-4-10(8)12-6-2-5-11/h3-4,7,11,13H,2,5-6H2,1H3. The van der Waals surface area contributed by atoms with Crippen LogP contribution in [0.4, 0.5) is 0 Å². The van der Waals surface area contributed by atoms with Gasteiger partial charge in [0.15, 0.2) is 0 Å². The lowest BCUT2D eigenvalue weighted by Crippen LogP contribution is -2.00. The van der Waals surface area contributed by atoms with E-state index in [9.17, 15) is 0 Å². The molecule has 0 aliphatic rings. The van der Waals surface area contributed by atoms with Crippen molar-refractivity contribution in [2.24, 2.45) is 0 Å². The molecule has 1 aromatic rings. The van der Waals surface area contributed by atoms with Crippen molar-refractivity contribution in [1.29, 1.82) is 0 Å². The van der Waals surface area contributed by atoms with E-state index in [2.05, 4.69) is 11.7 Å². The minimum absolute atomic E-state index is 0.170. The molecular formula is C10H14O2S2. The number of benzene rings is 1. The van der Waals surface area contributed by atoms with Gasteiger partial charge >= 0.3 is 0 Å². The maximum atomic E-state index is 8.60. The number of ether oxygens (including phenoxy) is 1. The second kappa shape index (κ2) is 6.22. The van der Waals surface area contributed by atoms with Crippen LogP contribution >= 0.6 is 22.5 Å². The summed E-state index contributed by atoms with van der Waals surface area (Å²) in [7, 11) is 1.42. The Morgan fingerprint density at radius 2 is 2.29 bits per heavy atom. The van der Waals surface area contributed by atoms with Gasteiger partial charge in [-0.3, -0.25) is 0 Å². The van der Waals surface area contributed by atoms with E-state index in [0.717, 1.165) is 16.2 Å². The zero-order valence-electron chi connectivity index (χ0n) is 8.06. The van der Waals surface area contributed by atoms with E-state index >= 15 is 0 Å². The van der Waals surface area contributed by atoms with Crippen molar-refractivity contribution in [2.75, 3.05) is 13.2 Å². The number of thiol groups is 1. The van der Waals surface area contributed by atoms with E-state index in [0.29, 0.717) is 13.0 Å². The second-order valence-corrected chi connectivity index (χ2v) is 4.15. The molecule has 0 atom stereocenters. The lowest BCUT2D eigenvalue weighted by Gasteiger charge is -2.08. The molecule has 1 N–H and O–H groups in total. The number of rotatable bonds is 5. The minimum Gasteiger partial charge on any atom is -0.493 e. The average Bonchev–Trinajstić information content (AvgIpc) is 2.20. The lowest BCUT2D eigenvalue weighted by atomic mass is 10.2. The Balaban J connectivity index is 2.59. The molecule has 4 heteroatoms. The first-order chi connectivity index (χ1) is 6.77. The molecule has 14 heavy (non-hydrogen) atoms. The topological polar surface area (TPSA) is 29.5 Å². The van der Waals surface area contributed by atoms with Gasteiger partial charge in [0.05, 0.1) is 6.61 Å². The lowest BCUT2D eigenvalue weighted by molar-refractivity contribution is 0.233. The van der Waals surface area contributed by atoms with Crippen molar-refractivity contribution >= 4 is 22.5 Å². The normalized spacial score (nSPS) is 10.2. The minimum atomic E-state index is 0.170. The summed E-state index contributed by atoms with van der Waals surface area (Å²) in [5, 5.41) is 8.60. The molecule has 0 saturated carbocycles. The highest BCUT2D eigenvalue weighted by Gasteiger charge is 2.00. The van der Waals surface area contributed by atoms with Crippen LogP contribution in [0, 0.1) is 6.92 Å². The summed E-state index contributed by atoms with van der Waals surface area (Å²) in [4.78, 5) is 1.11. The molecule has 0 spiro atoms. The van der Waals surface area contributed by atoms with Gasteiger partial charge in [0.2, 0.25) is 0 Å². The summed E-state index contributed by atoms with van der Waals surface area (Å²) in [6, 6.07) is 5.94. The van der Waals surface area contributed by atoms with Gasteiger partial charge in [-0.2, -0.15) is 0 Å². The predicted molar refractivity (Wildman–Crippen MR) is 63.2 cm³/mol. The van der Waals surface area contributed by atoms with Crippen molar-refractivity contribution in [3.63, 3.8) is 0 Å². The fourth-order valence-corrected chi connectivity index (χ4v) is 1.79. The van der Waals surface area contributed by atoms with Crippen LogP contribution in [0.2, 0.25) is 0 Å². The largest absolute Gasteiger partial charge is 0.493 e. The van der Waals surface area contributed by atoms with Crippen LogP contribution in [-0.4, -0.2) is 18.3 Å². The molecule has 0 amide bonds. The molecule has 0 radical (unpaired) electrons. The Bertz CT molecular complexity index is 289. The molecule has 0 aromatic heterocycles. The monoisotopic (exact) mass is 230 g/mol. The summed E-state index contributed by atoms with van der Waals surface area (Å²) >= 11 is 4.12. The average molecular weight is 230 g/mol.